The Hall–Kier alpha value is -2.70. The highest BCUT2D eigenvalue weighted by Crippen LogP contribution is 2.38. The van der Waals surface area contributed by atoms with Crippen LogP contribution in [0.3, 0.4) is 0 Å². The molecule has 7 heteroatoms. The molecule has 1 aromatic rings. The molecule has 2 fully saturated rings. The minimum Gasteiger partial charge on any atom is -0.497 e. The summed E-state index contributed by atoms with van der Waals surface area (Å²) in [6.45, 7) is 1.02. The van der Waals surface area contributed by atoms with E-state index in [0.29, 0.717) is 24.2 Å². The molecule has 7 nitrogen and oxygen atoms in total. The maximum absolute atomic E-state index is 12.5. The number of likely N-dealkylation sites (tertiary alicyclic amines) is 1. The maximum atomic E-state index is 12.5. The minimum absolute atomic E-state index is 0.296. The molecule has 1 aliphatic carbocycles. The van der Waals surface area contributed by atoms with Crippen molar-refractivity contribution < 1.29 is 28.7 Å². The Bertz CT molecular complexity index is 732. The molecule has 2 amide bonds. The van der Waals surface area contributed by atoms with Crippen LogP contribution in [0.1, 0.15) is 43.0 Å². The summed E-state index contributed by atoms with van der Waals surface area (Å²) >= 11 is 0. The average Bonchev–Trinajstić information content (AvgIpc) is 2.96. The molecule has 0 unspecified atom stereocenters. The van der Waals surface area contributed by atoms with E-state index in [1.807, 2.05) is 0 Å². The highest BCUT2D eigenvalue weighted by Gasteiger charge is 2.51. The molecule has 144 valence electrons. The van der Waals surface area contributed by atoms with Gasteiger partial charge in [0, 0.05) is 5.56 Å². The molecule has 1 aliphatic heterocycles. The number of carbonyl (C=O) groups excluding carboxylic acids is 4. The molecule has 2 aliphatic rings. The number of carbonyl (C=O) groups is 4. The van der Waals surface area contributed by atoms with Crippen LogP contribution in [0.15, 0.2) is 24.3 Å². The zero-order valence-electron chi connectivity index (χ0n) is 15.5. The van der Waals surface area contributed by atoms with Gasteiger partial charge in [0.15, 0.2) is 12.4 Å². The minimum atomic E-state index is -1.03. The van der Waals surface area contributed by atoms with Gasteiger partial charge >= 0.3 is 5.97 Å². The van der Waals surface area contributed by atoms with Crippen molar-refractivity contribution >= 4 is 23.6 Å². The number of hydrogen-bond donors (Lipinski definition) is 0. The second kappa shape index (κ2) is 7.90. The van der Waals surface area contributed by atoms with Crippen molar-refractivity contribution in [3.8, 4) is 5.75 Å². The van der Waals surface area contributed by atoms with Gasteiger partial charge < -0.3 is 9.47 Å². The average molecular weight is 373 g/mol. The number of fused-ring (bicyclic) bond motifs is 1. The molecule has 1 saturated heterocycles. The van der Waals surface area contributed by atoms with Crippen LogP contribution in [0.5, 0.6) is 5.75 Å². The summed E-state index contributed by atoms with van der Waals surface area (Å²) in [6, 6.07) is 5.41. The second-order valence-electron chi connectivity index (χ2n) is 6.98. The van der Waals surface area contributed by atoms with Gasteiger partial charge in [-0.1, -0.05) is 12.8 Å². The van der Waals surface area contributed by atoms with E-state index in [2.05, 4.69) is 0 Å². The molecule has 0 bridgehead atoms. The molecule has 3 rings (SSSR count). The van der Waals surface area contributed by atoms with Crippen LogP contribution in [0.25, 0.3) is 0 Å². The lowest BCUT2D eigenvalue weighted by atomic mass is 9.81. The Balaban J connectivity index is 1.59. The Morgan fingerprint density at radius 2 is 1.63 bits per heavy atom. The third-order valence-corrected chi connectivity index (χ3v) is 5.36. The van der Waals surface area contributed by atoms with Crippen molar-refractivity contribution in [2.24, 2.45) is 11.8 Å². The van der Waals surface area contributed by atoms with E-state index < -0.39 is 18.6 Å². The molecule has 1 saturated carbocycles. The largest absolute Gasteiger partial charge is 0.497 e. The molecule has 0 spiro atoms. The standard InChI is InChI=1S/C20H23NO6/c1-12(21-18(23)15-5-3-4-6-16(15)19(21)24)20(25)27-11-17(22)13-7-9-14(26-2)10-8-13/h7-10,12,15-16H,3-6,11H2,1-2H3/t12-,15+,16+/m0/s1. The quantitative estimate of drug-likeness (QED) is 0.430. The van der Waals surface area contributed by atoms with Crippen molar-refractivity contribution in [2.75, 3.05) is 13.7 Å². The smallest absolute Gasteiger partial charge is 0.329 e. The van der Waals surface area contributed by atoms with Gasteiger partial charge in [0.1, 0.15) is 11.8 Å². The number of esters is 1. The summed E-state index contributed by atoms with van der Waals surface area (Å²) < 4.78 is 10.1. The molecule has 0 radical (unpaired) electrons. The van der Waals surface area contributed by atoms with Gasteiger partial charge in [-0.15, -0.1) is 0 Å². The summed E-state index contributed by atoms with van der Waals surface area (Å²) in [5.41, 5.74) is 0.385. The number of amides is 2. The summed E-state index contributed by atoms with van der Waals surface area (Å²) in [7, 11) is 1.52. The predicted molar refractivity (Wildman–Crippen MR) is 95.0 cm³/mol. The fourth-order valence-electron chi connectivity index (χ4n) is 3.79. The van der Waals surface area contributed by atoms with E-state index in [4.69, 9.17) is 9.47 Å². The number of methoxy groups -OCH3 is 1. The second-order valence-corrected chi connectivity index (χ2v) is 6.98. The number of hydrogen-bond acceptors (Lipinski definition) is 6. The predicted octanol–water partition coefficient (Wildman–Crippen LogP) is 1.98. The van der Waals surface area contributed by atoms with Crippen LogP contribution >= 0.6 is 0 Å². The first kappa shape index (κ1) is 19.1. The number of ketones is 1. The third kappa shape index (κ3) is 3.72. The molecule has 27 heavy (non-hydrogen) atoms. The van der Waals surface area contributed by atoms with Gasteiger partial charge in [-0.3, -0.25) is 19.3 Å². The van der Waals surface area contributed by atoms with E-state index in [9.17, 15) is 19.2 Å². The van der Waals surface area contributed by atoms with Gasteiger partial charge in [-0.2, -0.15) is 0 Å². The summed E-state index contributed by atoms with van der Waals surface area (Å²) in [6.07, 6.45) is 3.21. The van der Waals surface area contributed by atoms with Gasteiger partial charge in [-0.05, 0) is 44.0 Å². The fourth-order valence-corrected chi connectivity index (χ4v) is 3.79. The van der Waals surface area contributed by atoms with E-state index in [0.717, 1.165) is 17.7 Å². The highest BCUT2D eigenvalue weighted by molar-refractivity contribution is 6.08. The SMILES string of the molecule is COc1ccc(C(=O)COC(=O)[C@H](C)N2C(=O)[C@@H]3CCCC[C@H]3C2=O)cc1. The van der Waals surface area contributed by atoms with Crippen LogP contribution < -0.4 is 4.74 Å². The first-order valence-corrected chi connectivity index (χ1v) is 9.15. The topological polar surface area (TPSA) is 90.0 Å². The Morgan fingerprint density at radius 1 is 1.07 bits per heavy atom. The first-order valence-electron chi connectivity index (χ1n) is 9.15. The van der Waals surface area contributed by atoms with Gasteiger partial charge in [0.2, 0.25) is 11.8 Å². The normalized spacial score (nSPS) is 23.0. The lowest BCUT2D eigenvalue weighted by molar-refractivity contribution is -0.157. The van der Waals surface area contributed by atoms with Crippen molar-refractivity contribution in [1.29, 1.82) is 0 Å². The Kier molecular flexibility index (Phi) is 5.58. The van der Waals surface area contributed by atoms with Crippen LogP contribution in [-0.4, -0.2) is 48.2 Å². The molecular formula is C20H23NO6. The van der Waals surface area contributed by atoms with E-state index in [-0.39, 0.29) is 29.4 Å². The van der Waals surface area contributed by atoms with Crippen molar-refractivity contribution in [2.45, 2.75) is 38.6 Å². The van der Waals surface area contributed by atoms with Crippen LogP contribution in [0.4, 0.5) is 0 Å². The van der Waals surface area contributed by atoms with Gasteiger partial charge in [0.05, 0.1) is 18.9 Å². The van der Waals surface area contributed by atoms with E-state index in [1.165, 1.54) is 14.0 Å². The number of benzene rings is 1. The molecule has 0 aromatic heterocycles. The number of rotatable bonds is 6. The lowest BCUT2D eigenvalue weighted by Gasteiger charge is -2.21. The van der Waals surface area contributed by atoms with E-state index in [1.54, 1.807) is 24.3 Å². The van der Waals surface area contributed by atoms with Gasteiger partial charge in [-0.25, -0.2) is 4.79 Å². The number of Topliss-reactive ketones (excluding diaryl/α,β-unsaturated/α-hetero) is 1. The van der Waals surface area contributed by atoms with Crippen LogP contribution in [-0.2, 0) is 19.1 Å². The van der Waals surface area contributed by atoms with Crippen molar-refractivity contribution in [1.82, 2.24) is 4.90 Å². The van der Waals surface area contributed by atoms with Crippen molar-refractivity contribution in [3.63, 3.8) is 0 Å². The summed E-state index contributed by atoms with van der Waals surface area (Å²) in [5.74, 6) is -1.73. The third-order valence-electron chi connectivity index (χ3n) is 5.36. The summed E-state index contributed by atoms with van der Waals surface area (Å²) in [5, 5.41) is 0. The Morgan fingerprint density at radius 3 is 2.15 bits per heavy atom. The molecular weight excluding hydrogens is 350 g/mol. The highest BCUT2D eigenvalue weighted by atomic mass is 16.5. The van der Waals surface area contributed by atoms with Crippen LogP contribution in [0, 0.1) is 11.8 Å². The first-order chi connectivity index (χ1) is 12.9. The molecule has 0 N–H and O–H groups in total. The lowest BCUT2D eigenvalue weighted by Crippen LogP contribution is -2.44. The Labute approximate surface area is 157 Å². The summed E-state index contributed by atoms with van der Waals surface area (Å²) in [4.78, 5) is 50.6. The van der Waals surface area contributed by atoms with Crippen LogP contribution in [0.2, 0.25) is 0 Å². The monoisotopic (exact) mass is 373 g/mol. The molecule has 1 heterocycles. The number of nitrogens with zero attached hydrogens (tertiary/aromatic N) is 1. The number of ether oxygens (including phenoxy) is 2. The zero-order valence-corrected chi connectivity index (χ0v) is 15.5. The van der Waals surface area contributed by atoms with Crippen molar-refractivity contribution in [3.05, 3.63) is 29.8 Å². The van der Waals surface area contributed by atoms with E-state index >= 15 is 0 Å². The molecule has 3 atom stereocenters. The zero-order chi connectivity index (χ0) is 19.6. The maximum Gasteiger partial charge on any atom is 0.329 e. The molecule has 1 aromatic carbocycles. The number of imide groups is 1. The fraction of sp³-hybridized carbons (Fsp3) is 0.500. The van der Waals surface area contributed by atoms with Gasteiger partial charge in [0.25, 0.3) is 0 Å².